The minimum atomic E-state index is -1.51. The Morgan fingerprint density at radius 1 is 1.05 bits per heavy atom. The lowest BCUT2D eigenvalue weighted by atomic mass is 9.82. The van der Waals surface area contributed by atoms with Gasteiger partial charge in [0.1, 0.15) is 12.1 Å². The molecule has 0 aliphatic rings. The van der Waals surface area contributed by atoms with Crippen LogP contribution in [-0.2, 0) is 0 Å². The van der Waals surface area contributed by atoms with Crippen molar-refractivity contribution in [1.82, 2.24) is 19.5 Å². The largest absolute Gasteiger partial charge is 0.490 e. The fourth-order valence-electron chi connectivity index (χ4n) is 1.81. The van der Waals surface area contributed by atoms with Gasteiger partial charge < -0.3 is 10.0 Å². The zero-order chi connectivity index (χ0) is 13.9. The molecule has 0 aromatic carbocycles. The maximum Gasteiger partial charge on any atom is 0.490 e. The third kappa shape index (κ3) is 2.44. The summed E-state index contributed by atoms with van der Waals surface area (Å²) in [6, 6.07) is 7.09. The highest BCUT2D eigenvalue weighted by molar-refractivity contribution is 6.58. The molecule has 20 heavy (non-hydrogen) atoms. The first-order chi connectivity index (χ1) is 9.74. The van der Waals surface area contributed by atoms with Crippen LogP contribution in [0.25, 0.3) is 17.1 Å². The van der Waals surface area contributed by atoms with E-state index in [1.54, 1.807) is 35.4 Å². The minimum Gasteiger partial charge on any atom is -0.423 e. The fraction of sp³-hybridized carbons (Fsp3) is 0. The molecular weight excluding hydrogens is 255 g/mol. The number of nitrogens with zero attached hydrogens (tertiary/aromatic N) is 4. The van der Waals surface area contributed by atoms with Crippen LogP contribution in [0.15, 0.2) is 55.4 Å². The van der Waals surface area contributed by atoms with Crippen LogP contribution in [0.2, 0.25) is 0 Å². The van der Waals surface area contributed by atoms with Crippen LogP contribution in [0.5, 0.6) is 0 Å². The monoisotopic (exact) mass is 266 g/mol. The Morgan fingerprint density at radius 3 is 2.60 bits per heavy atom. The first kappa shape index (κ1) is 12.5. The van der Waals surface area contributed by atoms with Crippen molar-refractivity contribution in [2.24, 2.45) is 0 Å². The lowest BCUT2D eigenvalue weighted by Gasteiger charge is -2.02. The van der Waals surface area contributed by atoms with Crippen molar-refractivity contribution in [3.8, 4) is 17.1 Å². The summed E-state index contributed by atoms with van der Waals surface area (Å²) in [4.78, 5) is 12.5. The maximum absolute atomic E-state index is 9.03. The van der Waals surface area contributed by atoms with Gasteiger partial charge in [-0.1, -0.05) is 6.07 Å². The predicted octanol–water partition coefficient (Wildman–Crippen LogP) is 0.00910. The van der Waals surface area contributed by atoms with Crippen molar-refractivity contribution in [3.63, 3.8) is 0 Å². The first-order valence-corrected chi connectivity index (χ1v) is 6.01. The van der Waals surface area contributed by atoms with Gasteiger partial charge in [0, 0.05) is 35.8 Å². The van der Waals surface area contributed by atoms with Gasteiger partial charge in [0.2, 0.25) is 0 Å². The van der Waals surface area contributed by atoms with Crippen LogP contribution in [0.3, 0.4) is 0 Å². The number of rotatable bonds is 3. The highest BCUT2D eigenvalue weighted by Gasteiger charge is 2.11. The van der Waals surface area contributed by atoms with Gasteiger partial charge in [-0.3, -0.25) is 9.55 Å². The summed E-state index contributed by atoms with van der Waals surface area (Å²) in [6.07, 6.45) is 8.37. The van der Waals surface area contributed by atoms with E-state index in [0.717, 1.165) is 11.3 Å². The zero-order valence-electron chi connectivity index (χ0n) is 10.5. The molecular formula is C13H11BN4O2. The van der Waals surface area contributed by atoms with Crippen LogP contribution >= 0.6 is 0 Å². The van der Waals surface area contributed by atoms with E-state index >= 15 is 0 Å². The Kier molecular flexibility index (Phi) is 3.28. The average Bonchev–Trinajstić information content (AvgIpc) is 2.98. The van der Waals surface area contributed by atoms with Crippen LogP contribution in [0, 0.1) is 0 Å². The summed E-state index contributed by atoms with van der Waals surface area (Å²) < 4.78 is 1.76. The van der Waals surface area contributed by atoms with E-state index in [2.05, 4.69) is 15.0 Å². The predicted molar refractivity (Wildman–Crippen MR) is 74.4 cm³/mol. The van der Waals surface area contributed by atoms with Gasteiger partial charge in [-0.05, 0) is 18.2 Å². The molecule has 0 aliphatic heterocycles. The van der Waals surface area contributed by atoms with Crippen LogP contribution < -0.4 is 5.46 Å². The quantitative estimate of drug-likeness (QED) is 0.652. The molecule has 0 saturated carbocycles. The number of hydrogen-bond acceptors (Lipinski definition) is 5. The number of pyridine rings is 2. The van der Waals surface area contributed by atoms with E-state index in [0.29, 0.717) is 11.3 Å². The molecule has 0 aliphatic carbocycles. The Bertz CT molecular complexity index is 698. The van der Waals surface area contributed by atoms with Crippen LogP contribution in [0.4, 0.5) is 0 Å². The second-order valence-corrected chi connectivity index (χ2v) is 4.23. The normalized spacial score (nSPS) is 10.5. The first-order valence-electron chi connectivity index (χ1n) is 6.01. The Hall–Kier alpha value is -2.51. The van der Waals surface area contributed by atoms with Crippen molar-refractivity contribution in [2.75, 3.05) is 0 Å². The molecule has 6 nitrogen and oxygen atoms in total. The van der Waals surface area contributed by atoms with E-state index in [1.807, 2.05) is 18.3 Å². The Labute approximate surface area is 115 Å². The van der Waals surface area contributed by atoms with E-state index in [1.165, 1.54) is 6.20 Å². The van der Waals surface area contributed by atoms with Gasteiger partial charge >= 0.3 is 7.12 Å². The molecule has 98 valence electrons. The van der Waals surface area contributed by atoms with Crippen LogP contribution in [-0.4, -0.2) is 36.7 Å². The van der Waals surface area contributed by atoms with Crippen molar-refractivity contribution in [2.45, 2.75) is 0 Å². The summed E-state index contributed by atoms with van der Waals surface area (Å²) in [7, 11) is -1.51. The third-order valence-corrected chi connectivity index (χ3v) is 2.87. The van der Waals surface area contributed by atoms with Crippen molar-refractivity contribution in [1.29, 1.82) is 0 Å². The summed E-state index contributed by atoms with van der Waals surface area (Å²) in [5.41, 5.74) is 2.07. The van der Waals surface area contributed by atoms with E-state index in [4.69, 9.17) is 10.0 Å². The number of hydrogen-bond donors (Lipinski definition) is 2. The maximum atomic E-state index is 9.03. The second kappa shape index (κ2) is 5.24. The van der Waals surface area contributed by atoms with Crippen molar-refractivity contribution in [3.05, 3.63) is 55.4 Å². The molecule has 2 N–H and O–H groups in total. The number of aromatic nitrogens is 4. The third-order valence-electron chi connectivity index (χ3n) is 2.87. The lowest BCUT2D eigenvalue weighted by molar-refractivity contribution is 0.425. The second-order valence-electron chi connectivity index (χ2n) is 4.23. The van der Waals surface area contributed by atoms with Gasteiger partial charge in [-0.15, -0.1) is 0 Å². The van der Waals surface area contributed by atoms with E-state index in [-0.39, 0.29) is 0 Å². The Morgan fingerprint density at radius 2 is 1.95 bits per heavy atom. The molecule has 0 radical (unpaired) electrons. The summed E-state index contributed by atoms with van der Waals surface area (Å²) in [6.45, 7) is 0. The molecule has 0 spiro atoms. The zero-order valence-corrected chi connectivity index (χ0v) is 10.5. The van der Waals surface area contributed by atoms with Gasteiger partial charge in [0.25, 0.3) is 0 Å². The molecule has 0 atom stereocenters. The highest BCUT2D eigenvalue weighted by atomic mass is 16.4. The van der Waals surface area contributed by atoms with Gasteiger partial charge in [-0.25, -0.2) is 9.97 Å². The van der Waals surface area contributed by atoms with E-state index in [9.17, 15) is 0 Å². The van der Waals surface area contributed by atoms with Gasteiger partial charge in [-0.2, -0.15) is 0 Å². The minimum absolute atomic E-state index is 0.348. The standard InChI is InChI=1S/C13H11BN4O2/c19-14(20)11-3-4-13(16-7-11)18-8-12(17-9-18)10-2-1-5-15-6-10/h1-9,19-20H. The molecule has 0 bridgehead atoms. The molecule has 0 saturated heterocycles. The van der Waals surface area contributed by atoms with Crippen molar-refractivity contribution < 1.29 is 10.0 Å². The molecule has 3 rings (SSSR count). The smallest absolute Gasteiger partial charge is 0.423 e. The number of imidazole rings is 1. The van der Waals surface area contributed by atoms with Gasteiger partial charge in [0.15, 0.2) is 0 Å². The molecule has 7 heteroatoms. The van der Waals surface area contributed by atoms with Crippen molar-refractivity contribution >= 4 is 12.6 Å². The highest BCUT2D eigenvalue weighted by Crippen LogP contribution is 2.16. The summed E-state index contributed by atoms with van der Waals surface area (Å²) in [5, 5.41) is 18.1. The van der Waals surface area contributed by atoms with E-state index < -0.39 is 7.12 Å². The topological polar surface area (TPSA) is 84.1 Å². The molecule has 3 aromatic heterocycles. The SMILES string of the molecule is OB(O)c1ccc(-n2cnc(-c3cccnc3)c2)nc1. The van der Waals surface area contributed by atoms with Crippen LogP contribution in [0.1, 0.15) is 0 Å². The molecule has 0 fully saturated rings. The molecule has 0 amide bonds. The Balaban J connectivity index is 1.90. The molecule has 0 unspecified atom stereocenters. The fourth-order valence-corrected chi connectivity index (χ4v) is 1.81. The summed E-state index contributed by atoms with van der Waals surface area (Å²) >= 11 is 0. The summed E-state index contributed by atoms with van der Waals surface area (Å²) in [5.74, 6) is 0.650. The lowest BCUT2D eigenvalue weighted by Crippen LogP contribution is -2.30. The molecule has 3 heterocycles. The average molecular weight is 266 g/mol. The molecule has 3 aromatic rings. The van der Waals surface area contributed by atoms with Gasteiger partial charge in [0.05, 0.1) is 5.69 Å².